The normalized spacial score (nSPS) is 11.0. The molecule has 1 heterocycles. The quantitative estimate of drug-likeness (QED) is 0.226. The Kier molecular flexibility index (Phi) is 6.05. The number of hydrogen-bond acceptors (Lipinski definition) is 6. The number of nitrogens with zero attached hydrogens (tertiary/aromatic N) is 3. The Bertz CT molecular complexity index is 1240. The Morgan fingerprint density at radius 1 is 1.06 bits per heavy atom. The molecule has 4 aromatic rings. The van der Waals surface area contributed by atoms with E-state index in [2.05, 4.69) is 15.5 Å². The summed E-state index contributed by atoms with van der Waals surface area (Å²) < 4.78 is 6.06. The summed E-state index contributed by atoms with van der Waals surface area (Å²) in [6.45, 7) is 0.383. The van der Waals surface area contributed by atoms with Crippen molar-refractivity contribution in [1.29, 1.82) is 0 Å². The third-order valence-electron chi connectivity index (χ3n) is 4.57. The van der Waals surface area contributed by atoms with E-state index in [-0.39, 0.29) is 5.69 Å². The highest BCUT2D eigenvalue weighted by atomic mass is 35.5. The molecule has 154 valence electrons. The van der Waals surface area contributed by atoms with Crippen molar-refractivity contribution >= 4 is 40.1 Å². The predicted molar refractivity (Wildman–Crippen MR) is 122 cm³/mol. The van der Waals surface area contributed by atoms with Gasteiger partial charge >= 0.3 is 0 Å². The first-order chi connectivity index (χ1) is 15.1. The number of rotatable bonds is 7. The molecule has 0 atom stereocenters. The molecule has 1 N–H and O–H groups in total. The van der Waals surface area contributed by atoms with Crippen LogP contribution in [-0.2, 0) is 6.61 Å². The SMILES string of the molecule is O=[N+]([O-])c1ccc(N/N=C/c2c(OCc3ccc(Cl)cc3)ccc3ccccc23)nc1. The van der Waals surface area contributed by atoms with E-state index in [0.717, 1.165) is 21.9 Å². The van der Waals surface area contributed by atoms with Gasteiger partial charge < -0.3 is 4.74 Å². The molecular weight excluding hydrogens is 416 g/mol. The Morgan fingerprint density at radius 2 is 1.87 bits per heavy atom. The number of ether oxygens (including phenoxy) is 1. The number of nitrogens with one attached hydrogen (secondary N) is 1. The van der Waals surface area contributed by atoms with Crippen molar-refractivity contribution in [2.75, 3.05) is 5.43 Å². The van der Waals surface area contributed by atoms with E-state index >= 15 is 0 Å². The number of pyridine rings is 1. The van der Waals surface area contributed by atoms with Gasteiger partial charge in [0.2, 0.25) is 0 Å². The van der Waals surface area contributed by atoms with Crippen molar-refractivity contribution in [2.45, 2.75) is 6.61 Å². The van der Waals surface area contributed by atoms with Crippen LogP contribution >= 0.6 is 11.6 Å². The molecule has 8 heteroatoms. The van der Waals surface area contributed by atoms with E-state index in [4.69, 9.17) is 16.3 Å². The summed E-state index contributed by atoms with van der Waals surface area (Å²) in [5, 5.41) is 17.7. The lowest BCUT2D eigenvalue weighted by molar-refractivity contribution is -0.385. The van der Waals surface area contributed by atoms with Gasteiger partial charge in [0, 0.05) is 16.7 Å². The summed E-state index contributed by atoms with van der Waals surface area (Å²) in [6, 6.07) is 22.2. The van der Waals surface area contributed by atoms with Crippen LogP contribution < -0.4 is 10.2 Å². The van der Waals surface area contributed by atoms with Crippen molar-refractivity contribution in [3.63, 3.8) is 0 Å². The molecule has 3 aromatic carbocycles. The number of fused-ring (bicyclic) bond motifs is 1. The number of hydrogen-bond donors (Lipinski definition) is 1. The lowest BCUT2D eigenvalue weighted by Gasteiger charge is -2.12. The van der Waals surface area contributed by atoms with Crippen molar-refractivity contribution in [2.24, 2.45) is 5.10 Å². The Hall–Kier alpha value is -3.97. The average molecular weight is 433 g/mol. The standard InChI is InChI=1S/C23H17ClN4O3/c24-18-8-5-16(6-9-18)15-31-22-11-7-17-3-1-2-4-20(17)21(22)14-26-27-23-12-10-19(13-25-23)28(29)30/h1-14H,15H2,(H,25,27)/b26-14+. The molecule has 0 aliphatic heterocycles. The van der Waals surface area contributed by atoms with E-state index in [9.17, 15) is 10.1 Å². The second-order valence-electron chi connectivity index (χ2n) is 6.64. The molecule has 0 aliphatic carbocycles. The molecule has 0 bridgehead atoms. The van der Waals surface area contributed by atoms with Gasteiger partial charge in [0.1, 0.15) is 24.4 Å². The predicted octanol–water partition coefficient (Wildman–Crippen LogP) is 5.82. The second kappa shape index (κ2) is 9.23. The molecule has 0 aliphatic rings. The average Bonchev–Trinajstić information content (AvgIpc) is 2.79. The number of hydrazone groups is 1. The van der Waals surface area contributed by atoms with E-state index in [1.165, 1.54) is 18.3 Å². The molecular formula is C23H17ClN4O3. The van der Waals surface area contributed by atoms with Gasteiger partial charge in [-0.1, -0.05) is 54.1 Å². The molecule has 0 saturated heterocycles. The van der Waals surface area contributed by atoms with Crippen molar-refractivity contribution in [1.82, 2.24) is 4.98 Å². The number of halogens is 1. The fourth-order valence-corrected chi connectivity index (χ4v) is 3.13. The maximum Gasteiger partial charge on any atom is 0.287 e. The van der Waals surface area contributed by atoms with Crippen molar-refractivity contribution < 1.29 is 9.66 Å². The summed E-state index contributed by atoms with van der Waals surface area (Å²) in [7, 11) is 0. The van der Waals surface area contributed by atoms with Gasteiger partial charge in [-0.05, 0) is 40.6 Å². The van der Waals surface area contributed by atoms with Crippen LogP contribution in [0.3, 0.4) is 0 Å². The summed E-state index contributed by atoms with van der Waals surface area (Å²) in [4.78, 5) is 14.2. The topological polar surface area (TPSA) is 89.7 Å². The van der Waals surface area contributed by atoms with Gasteiger partial charge in [-0.2, -0.15) is 5.10 Å². The summed E-state index contributed by atoms with van der Waals surface area (Å²) in [6.07, 6.45) is 2.83. The van der Waals surface area contributed by atoms with E-state index < -0.39 is 4.92 Å². The molecule has 0 fully saturated rings. The monoisotopic (exact) mass is 432 g/mol. The summed E-state index contributed by atoms with van der Waals surface area (Å²) in [5.41, 5.74) is 4.52. The lowest BCUT2D eigenvalue weighted by atomic mass is 10.0. The van der Waals surface area contributed by atoms with Crippen LogP contribution in [0, 0.1) is 10.1 Å². The van der Waals surface area contributed by atoms with E-state index in [1.54, 1.807) is 6.21 Å². The van der Waals surface area contributed by atoms with Crippen LogP contribution in [0.25, 0.3) is 10.8 Å². The minimum absolute atomic E-state index is 0.0820. The Labute approximate surface area is 183 Å². The Morgan fingerprint density at radius 3 is 2.61 bits per heavy atom. The zero-order valence-electron chi connectivity index (χ0n) is 16.2. The largest absolute Gasteiger partial charge is 0.488 e. The molecule has 0 unspecified atom stereocenters. The molecule has 4 rings (SSSR count). The van der Waals surface area contributed by atoms with Gasteiger partial charge in [0.25, 0.3) is 5.69 Å². The molecule has 1 aromatic heterocycles. The fourth-order valence-electron chi connectivity index (χ4n) is 3.00. The van der Waals surface area contributed by atoms with Crippen LogP contribution in [-0.4, -0.2) is 16.1 Å². The molecule has 31 heavy (non-hydrogen) atoms. The van der Waals surface area contributed by atoms with E-state index in [1.807, 2.05) is 60.7 Å². The first kappa shape index (κ1) is 20.3. The third kappa shape index (κ3) is 4.96. The minimum Gasteiger partial charge on any atom is -0.488 e. The maximum atomic E-state index is 10.7. The lowest BCUT2D eigenvalue weighted by Crippen LogP contribution is -2.00. The zero-order chi connectivity index (χ0) is 21.6. The smallest absolute Gasteiger partial charge is 0.287 e. The molecule has 7 nitrogen and oxygen atoms in total. The minimum atomic E-state index is -0.500. The molecule has 0 amide bonds. The number of anilines is 1. The fraction of sp³-hybridized carbons (Fsp3) is 0.0435. The highest BCUT2D eigenvalue weighted by Crippen LogP contribution is 2.27. The van der Waals surface area contributed by atoms with E-state index in [0.29, 0.717) is 23.2 Å². The van der Waals surface area contributed by atoms with Crippen LogP contribution in [0.4, 0.5) is 11.5 Å². The van der Waals surface area contributed by atoms with Crippen LogP contribution in [0.15, 0.2) is 84.1 Å². The van der Waals surface area contributed by atoms with Gasteiger partial charge in [0.15, 0.2) is 0 Å². The van der Waals surface area contributed by atoms with Crippen LogP contribution in [0.1, 0.15) is 11.1 Å². The van der Waals surface area contributed by atoms with Crippen LogP contribution in [0.2, 0.25) is 5.02 Å². The summed E-state index contributed by atoms with van der Waals surface area (Å²) >= 11 is 5.95. The molecule has 0 spiro atoms. The zero-order valence-corrected chi connectivity index (χ0v) is 17.0. The number of aromatic nitrogens is 1. The van der Waals surface area contributed by atoms with Gasteiger partial charge in [-0.15, -0.1) is 0 Å². The van der Waals surface area contributed by atoms with Crippen molar-refractivity contribution in [3.8, 4) is 5.75 Å². The second-order valence-corrected chi connectivity index (χ2v) is 7.08. The first-order valence-electron chi connectivity index (χ1n) is 9.39. The highest BCUT2D eigenvalue weighted by molar-refractivity contribution is 6.30. The first-order valence-corrected chi connectivity index (χ1v) is 9.76. The van der Waals surface area contributed by atoms with Crippen molar-refractivity contribution in [3.05, 3.63) is 105 Å². The van der Waals surface area contributed by atoms with Gasteiger partial charge in [-0.3, -0.25) is 15.5 Å². The molecule has 0 saturated carbocycles. The summed E-state index contributed by atoms with van der Waals surface area (Å²) in [5.74, 6) is 1.07. The Balaban J connectivity index is 1.58. The number of benzene rings is 3. The highest BCUT2D eigenvalue weighted by Gasteiger charge is 2.08. The maximum absolute atomic E-state index is 10.7. The third-order valence-corrected chi connectivity index (χ3v) is 4.82. The van der Waals surface area contributed by atoms with Gasteiger partial charge in [0.05, 0.1) is 11.1 Å². The van der Waals surface area contributed by atoms with Crippen LogP contribution in [0.5, 0.6) is 5.75 Å². The molecule has 0 radical (unpaired) electrons. The van der Waals surface area contributed by atoms with Gasteiger partial charge in [-0.25, -0.2) is 4.98 Å². The number of nitro groups is 1.